The minimum absolute atomic E-state index is 0.200. The van der Waals surface area contributed by atoms with E-state index >= 15 is 0 Å². The van der Waals surface area contributed by atoms with Crippen LogP contribution in [0.3, 0.4) is 0 Å². The van der Waals surface area contributed by atoms with Crippen LogP contribution >= 0.6 is 0 Å². The zero-order chi connectivity index (χ0) is 22.1. The molecule has 2 aromatic rings. The Morgan fingerprint density at radius 2 is 1.94 bits per heavy atom. The standard InChI is InChI=1S/C24H24N4O3/c1-3-20(29)28-13-18(15-7-9-16(10-8-15)23(25)30)22(28)24(31)27-19-6-4-5-17-11-14(2)12-26-21(17)19/h3-10,12,14,18,22H,1,11,13H2,2H3,(H2,25,30)(H,27,31). The van der Waals surface area contributed by atoms with Crippen molar-refractivity contribution in [3.63, 3.8) is 0 Å². The summed E-state index contributed by atoms with van der Waals surface area (Å²) in [7, 11) is 0. The van der Waals surface area contributed by atoms with Gasteiger partial charge in [0.1, 0.15) is 6.04 Å². The average Bonchev–Trinajstić information content (AvgIpc) is 2.73. The van der Waals surface area contributed by atoms with E-state index in [0.29, 0.717) is 23.7 Å². The molecule has 2 aliphatic heterocycles. The lowest BCUT2D eigenvalue weighted by atomic mass is 9.81. The van der Waals surface area contributed by atoms with Crippen LogP contribution < -0.4 is 11.1 Å². The van der Waals surface area contributed by atoms with Crippen molar-refractivity contribution in [3.05, 3.63) is 71.8 Å². The van der Waals surface area contributed by atoms with Crippen molar-refractivity contribution in [1.82, 2.24) is 4.90 Å². The SMILES string of the molecule is C=CC(=O)N1CC(c2ccc(C(N)=O)cc2)C1C(=O)Nc1cccc2c1N=CC(C)C2. The van der Waals surface area contributed by atoms with E-state index in [4.69, 9.17) is 5.73 Å². The molecule has 1 saturated heterocycles. The zero-order valence-corrected chi connectivity index (χ0v) is 17.2. The van der Waals surface area contributed by atoms with Gasteiger partial charge in [0, 0.05) is 24.2 Å². The first-order valence-electron chi connectivity index (χ1n) is 10.2. The first-order chi connectivity index (χ1) is 14.9. The van der Waals surface area contributed by atoms with Gasteiger partial charge in [0.25, 0.3) is 0 Å². The number of hydrogen-bond donors (Lipinski definition) is 2. The Bertz CT molecular complexity index is 1090. The van der Waals surface area contributed by atoms with E-state index in [0.717, 1.165) is 23.2 Å². The lowest BCUT2D eigenvalue weighted by Crippen LogP contribution is -2.61. The number of hydrogen-bond acceptors (Lipinski definition) is 4. The van der Waals surface area contributed by atoms with Gasteiger partial charge in [-0.3, -0.25) is 19.4 Å². The molecule has 7 heteroatoms. The van der Waals surface area contributed by atoms with Gasteiger partial charge in [0.2, 0.25) is 17.7 Å². The number of benzene rings is 2. The highest BCUT2D eigenvalue weighted by atomic mass is 16.2. The minimum atomic E-state index is -0.688. The smallest absolute Gasteiger partial charge is 0.248 e. The summed E-state index contributed by atoms with van der Waals surface area (Å²) < 4.78 is 0. The van der Waals surface area contributed by atoms with Crippen LogP contribution in [0.15, 0.2) is 60.1 Å². The Morgan fingerprint density at radius 3 is 2.61 bits per heavy atom. The lowest BCUT2D eigenvalue weighted by molar-refractivity contribution is -0.143. The van der Waals surface area contributed by atoms with Gasteiger partial charge in [-0.1, -0.05) is 37.8 Å². The molecule has 3 atom stereocenters. The highest BCUT2D eigenvalue weighted by Crippen LogP contribution is 2.38. The molecule has 0 bridgehead atoms. The van der Waals surface area contributed by atoms with E-state index in [1.165, 1.54) is 11.0 Å². The van der Waals surface area contributed by atoms with Gasteiger partial charge in [-0.15, -0.1) is 0 Å². The van der Waals surface area contributed by atoms with Gasteiger partial charge in [0.05, 0.1) is 11.4 Å². The van der Waals surface area contributed by atoms with Gasteiger partial charge in [-0.25, -0.2) is 0 Å². The van der Waals surface area contributed by atoms with Crippen molar-refractivity contribution in [1.29, 1.82) is 0 Å². The molecule has 2 aliphatic rings. The Kier molecular flexibility index (Phi) is 5.42. The minimum Gasteiger partial charge on any atom is -0.366 e. The van der Waals surface area contributed by atoms with E-state index in [9.17, 15) is 14.4 Å². The average molecular weight is 416 g/mol. The summed E-state index contributed by atoms with van der Waals surface area (Å²) in [5.41, 5.74) is 9.04. The van der Waals surface area contributed by atoms with Crippen molar-refractivity contribution in [2.24, 2.45) is 16.6 Å². The van der Waals surface area contributed by atoms with Gasteiger partial charge < -0.3 is 16.0 Å². The lowest BCUT2D eigenvalue weighted by Gasteiger charge is -2.46. The number of primary amides is 1. The normalized spacial score (nSPS) is 21.6. The second kappa shape index (κ2) is 8.18. The number of rotatable bonds is 5. The Balaban J connectivity index is 1.60. The quantitative estimate of drug-likeness (QED) is 0.732. The summed E-state index contributed by atoms with van der Waals surface area (Å²) in [6.07, 6.45) is 3.96. The molecule has 2 heterocycles. The van der Waals surface area contributed by atoms with Crippen LogP contribution in [0.2, 0.25) is 0 Å². The number of anilines is 1. The summed E-state index contributed by atoms with van der Waals surface area (Å²) >= 11 is 0. The Morgan fingerprint density at radius 1 is 1.19 bits per heavy atom. The molecule has 4 rings (SSSR count). The summed E-state index contributed by atoms with van der Waals surface area (Å²) in [6.45, 7) is 6.03. The molecule has 3 amide bonds. The number of para-hydroxylation sites is 1. The Hall–Kier alpha value is -3.74. The van der Waals surface area contributed by atoms with Gasteiger partial charge in [-0.2, -0.15) is 0 Å². The molecular formula is C24H24N4O3. The molecular weight excluding hydrogens is 392 g/mol. The summed E-state index contributed by atoms with van der Waals surface area (Å²) in [4.78, 5) is 42.9. The van der Waals surface area contributed by atoms with Crippen LogP contribution in [0.1, 0.15) is 34.3 Å². The second-order valence-electron chi connectivity index (χ2n) is 7.99. The molecule has 7 nitrogen and oxygen atoms in total. The third-order valence-corrected chi connectivity index (χ3v) is 5.84. The number of likely N-dealkylation sites (tertiary alicyclic amines) is 1. The number of fused-ring (bicyclic) bond motifs is 1. The third-order valence-electron chi connectivity index (χ3n) is 5.84. The molecule has 2 aromatic carbocycles. The van der Waals surface area contributed by atoms with E-state index in [1.807, 2.05) is 24.4 Å². The highest BCUT2D eigenvalue weighted by molar-refractivity contribution is 6.03. The van der Waals surface area contributed by atoms with Crippen LogP contribution in [-0.4, -0.2) is 41.4 Å². The van der Waals surface area contributed by atoms with Crippen molar-refractivity contribution in [3.8, 4) is 0 Å². The number of carbonyl (C=O) groups is 3. The molecule has 3 unspecified atom stereocenters. The highest BCUT2D eigenvalue weighted by Gasteiger charge is 2.46. The number of nitrogens with one attached hydrogen (secondary N) is 1. The second-order valence-corrected chi connectivity index (χ2v) is 7.99. The predicted octanol–water partition coefficient (Wildman–Crippen LogP) is 2.80. The first kappa shape index (κ1) is 20.5. The molecule has 0 aromatic heterocycles. The molecule has 0 radical (unpaired) electrons. The number of nitrogens with two attached hydrogens (primary N) is 1. The van der Waals surface area contributed by atoms with Crippen molar-refractivity contribution in [2.45, 2.75) is 25.3 Å². The molecule has 158 valence electrons. The fourth-order valence-corrected chi connectivity index (χ4v) is 4.17. The maximum atomic E-state index is 13.3. The number of carbonyl (C=O) groups excluding carboxylic acids is 3. The zero-order valence-electron chi connectivity index (χ0n) is 17.2. The van der Waals surface area contributed by atoms with Crippen LogP contribution in [0, 0.1) is 5.92 Å². The first-order valence-corrected chi connectivity index (χ1v) is 10.2. The number of aliphatic imine (C=N–C) groups is 1. The van der Waals surface area contributed by atoms with E-state index < -0.39 is 11.9 Å². The topological polar surface area (TPSA) is 105 Å². The summed E-state index contributed by atoms with van der Waals surface area (Å²) in [6, 6.07) is 11.9. The van der Waals surface area contributed by atoms with E-state index in [-0.39, 0.29) is 17.7 Å². The molecule has 0 aliphatic carbocycles. The summed E-state index contributed by atoms with van der Waals surface area (Å²) in [5.74, 6) is -0.950. The van der Waals surface area contributed by atoms with Crippen LogP contribution in [0.4, 0.5) is 11.4 Å². The third kappa shape index (κ3) is 3.86. The Labute approximate surface area is 180 Å². The van der Waals surface area contributed by atoms with Gasteiger partial charge in [0.15, 0.2) is 0 Å². The maximum absolute atomic E-state index is 13.3. The monoisotopic (exact) mass is 416 g/mol. The van der Waals surface area contributed by atoms with Gasteiger partial charge >= 0.3 is 0 Å². The largest absolute Gasteiger partial charge is 0.366 e. The van der Waals surface area contributed by atoms with Crippen LogP contribution in [0.25, 0.3) is 0 Å². The van der Waals surface area contributed by atoms with E-state index in [1.54, 1.807) is 24.3 Å². The summed E-state index contributed by atoms with van der Waals surface area (Å²) in [5, 5.41) is 2.97. The molecule has 0 saturated carbocycles. The van der Waals surface area contributed by atoms with Crippen LogP contribution in [-0.2, 0) is 16.0 Å². The van der Waals surface area contributed by atoms with Crippen LogP contribution in [0.5, 0.6) is 0 Å². The predicted molar refractivity (Wildman–Crippen MR) is 119 cm³/mol. The van der Waals surface area contributed by atoms with E-state index in [2.05, 4.69) is 23.8 Å². The van der Waals surface area contributed by atoms with Crippen molar-refractivity contribution in [2.75, 3.05) is 11.9 Å². The number of nitrogens with zero attached hydrogens (tertiary/aromatic N) is 2. The number of amides is 3. The fraction of sp³-hybridized carbons (Fsp3) is 0.250. The van der Waals surface area contributed by atoms with Crippen molar-refractivity contribution < 1.29 is 14.4 Å². The molecule has 31 heavy (non-hydrogen) atoms. The molecule has 3 N–H and O–H groups in total. The molecule has 0 spiro atoms. The molecule has 1 fully saturated rings. The fourth-order valence-electron chi connectivity index (χ4n) is 4.17. The maximum Gasteiger partial charge on any atom is 0.248 e. The van der Waals surface area contributed by atoms with Crippen molar-refractivity contribution >= 4 is 35.3 Å². The van der Waals surface area contributed by atoms with Gasteiger partial charge in [-0.05, 0) is 47.7 Å².